The van der Waals surface area contributed by atoms with Gasteiger partial charge >= 0.3 is 6.29 Å². The zero-order valence-electron chi connectivity index (χ0n) is 9.42. The summed E-state index contributed by atoms with van der Waals surface area (Å²) in [7, 11) is 0. The maximum absolute atomic E-state index is 5.74. The third kappa shape index (κ3) is 3.01. The van der Waals surface area contributed by atoms with Crippen molar-refractivity contribution in [1.29, 1.82) is 0 Å². The molecule has 0 atom stereocenters. The minimum absolute atomic E-state index is 0.760. The average molecular weight is 207 g/mol. The molecule has 0 aromatic heterocycles. The second kappa shape index (κ2) is 5.24. The van der Waals surface area contributed by atoms with Gasteiger partial charge in [-0.25, -0.2) is 0 Å². The van der Waals surface area contributed by atoms with Crippen LogP contribution in [0.1, 0.15) is 51.9 Å². The van der Waals surface area contributed by atoms with Crippen LogP contribution in [0.2, 0.25) is 0 Å². The molecule has 15 heavy (non-hydrogen) atoms. The Bertz CT molecular complexity index is 240. The second-order valence-corrected chi connectivity index (χ2v) is 4.06. The van der Waals surface area contributed by atoms with E-state index in [4.69, 9.17) is 9.47 Å². The van der Waals surface area contributed by atoms with Crippen molar-refractivity contribution in [3.05, 3.63) is 30.0 Å². The molecule has 0 N–H and O–H groups in total. The van der Waals surface area contributed by atoms with Crippen molar-refractivity contribution in [2.24, 2.45) is 0 Å². The van der Waals surface area contributed by atoms with Crippen LogP contribution in [-0.4, -0.2) is 0 Å². The summed E-state index contributed by atoms with van der Waals surface area (Å²) < 4.78 is 11.5. The van der Waals surface area contributed by atoms with Crippen molar-refractivity contribution >= 4 is 0 Å². The fourth-order valence-corrected chi connectivity index (χ4v) is 1.93. The van der Waals surface area contributed by atoms with Gasteiger partial charge in [-0.1, -0.05) is 6.92 Å². The number of allylic oxidation sites excluding steroid dienone is 4. The van der Waals surface area contributed by atoms with E-state index in [0.717, 1.165) is 49.9 Å². The Hall–Kier alpha value is -0.920. The molecular formula is C13H19O2. The zero-order chi connectivity index (χ0) is 10.5. The second-order valence-electron chi connectivity index (χ2n) is 4.06. The zero-order valence-corrected chi connectivity index (χ0v) is 9.42. The van der Waals surface area contributed by atoms with Crippen LogP contribution in [0.5, 0.6) is 0 Å². The van der Waals surface area contributed by atoms with Crippen LogP contribution >= 0.6 is 0 Å². The smallest absolute Gasteiger partial charge is 0.328 e. The van der Waals surface area contributed by atoms with Gasteiger partial charge in [0.05, 0.1) is 11.5 Å². The standard InChI is InChI=1S/C13H19O2/c1-2-13(14-11-7-3-4-8-11)15-12-9-5-6-10-12/h7,9H,2-6,8,10H2,1H3. The van der Waals surface area contributed by atoms with E-state index in [1.54, 1.807) is 0 Å². The Balaban J connectivity index is 1.81. The number of hydrogen-bond acceptors (Lipinski definition) is 2. The monoisotopic (exact) mass is 207 g/mol. The van der Waals surface area contributed by atoms with E-state index < -0.39 is 0 Å². The van der Waals surface area contributed by atoms with Gasteiger partial charge in [-0.05, 0) is 37.8 Å². The summed E-state index contributed by atoms with van der Waals surface area (Å²) in [6.07, 6.45) is 12.8. The molecule has 2 aliphatic rings. The number of rotatable bonds is 5. The lowest BCUT2D eigenvalue weighted by Crippen LogP contribution is -2.05. The maximum Gasteiger partial charge on any atom is 0.328 e. The molecule has 0 aromatic carbocycles. The first-order chi connectivity index (χ1) is 7.38. The number of ether oxygens (including phenoxy) is 2. The van der Waals surface area contributed by atoms with Crippen LogP contribution in [-0.2, 0) is 9.47 Å². The predicted molar refractivity (Wildman–Crippen MR) is 59.6 cm³/mol. The number of hydrogen-bond donors (Lipinski definition) is 0. The van der Waals surface area contributed by atoms with Crippen molar-refractivity contribution in [2.45, 2.75) is 51.9 Å². The van der Waals surface area contributed by atoms with Gasteiger partial charge in [-0.2, -0.15) is 0 Å². The van der Waals surface area contributed by atoms with E-state index in [1.165, 1.54) is 12.8 Å². The average Bonchev–Trinajstić information content (AvgIpc) is 2.89. The summed E-state index contributed by atoms with van der Waals surface area (Å²) in [5, 5.41) is 0. The summed E-state index contributed by atoms with van der Waals surface area (Å²) in [6, 6.07) is 0. The molecule has 0 bridgehead atoms. The van der Waals surface area contributed by atoms with Crippen LogP contribution in [0, 0.1) is 6.29 Å². The van der Waals surface area contributed by atoms with Crippen molar-refractivity contribution < 1.29 is 9.47 Å². The molecule has 0 fully saturated rings. The summed E-state index contributed by atoms with van der Waals surface area (Å²) in [5.41, 5.74) is 0. The van der Waals surface area contributed by atoms with Crippen LogP contribution in [0.4, 0.5) is 0 Å². The van der Waals surface area contributed by atoms with E-state index in [0.29, 0.717) is 0 Å². The molecule has 0 aromatic rings. The highest BCUT2D eigenvalue weighted by Gasteiger charge is 2.18. The molecule has 0 aliphatic heterocycles. The molecule has 0 spiro atoms. The highest BCUT2D eigenvalue weighted by Crippen LogP contribution is 2.28. The Kier molecular flexibility index (Phi) is 3.70. The molecule has 0 heterocycles. The first-order valence-corrected chi connectivity index (χ1v) is 5.98. The van der Waals surface area contributed by atoms with E-state index in [1.807, 2.05) is 0 Å². The van der Waals surface area contributed by atoms with E-state index in [2.05, 4.69) is 19.1 Å². The SMILES string of the molecule is CC[C](OC1=CCCC1)OC1=CCCC1. The van der Waals surface area contributed by atoms with Crippen molar-refractivity contribution in [2.75, 3.05) is 0 Å². The third-order valence-corrected chi connectivity index (χ3v) is 2.78. The van der Waals surface area contributed by atoms with Crippen molar-refractivity contribution in [1.82, 2.24) is 0 Å². The molecular weight excluding hydrogens is 188 g/mol. The lowest BCUT2D eigenvalue weighted by atomic mass is 10.3. The van der Waals surface area contributed by atoms with Gasteiger partial charge in [-0.3, -0.25) is 0 Å². The van der Waals surface area contributed by atoms with Crippen LogP contribution < -0.4 is 0 Å². The summed E-state index contributed by atoms with van der Waals surface area (Å²) in [4.78, 5) is 0. The van der Waals surface area contributed by atoms with Gasteiger partial charge in [0, 0.05) is 19.3 Å². The molecule has 0 amide bonds. The Labute approximate surface area is 92.0 Å². The molecule has 0 unspecified atom stereocenters. The highest BCUT2D eigenvalue weighted by molar-refractivity contribution is 5.04. The van der Waals surface area contributed by atoms with Crippen molar-refractivity contribution in [3.63, 3.8) is 0 Å². The minimum atomic E-state index is 0.760. The summed E-state index contributed by atoms with van der Waals surface area (Å²) in [6.45, 7) is 2.07. The molecule has 83 valence electrons. The van der Waals surface area contributed by atoms with Gasteiger partial charge in [0.1, 0.15) is 0 Å². The molecule has 2 nitrogen and oxygen atoms in total. The topological polar surface area (TPSA) is 18.5 Å². The van der Waals surface area contributed by atoms with Crippen molar-refractivity contribution in [3.8, 4) is 0 Å². The van der Waals surface area contributed by atoms with E-state index >= 15 is 0 Å². The molecule has 1 radical (unpaired) electrons. The molecule has 0 saturated carbocycles. The molecule has 2 aliphatic carbocycles. The summed E-state index contributed by atoms with van der Waals surface area (Å²) >= 11 is 0. The maximum atomic E-state index is 5.74. The van der Waals surface area contributed by atoms with Crippen LogP contribution in [0.15, 0.2) is 23.7 Å². The van der Waals surface area contributed by atoms with Gasteiger partial charge in [0.2, 0.25) is 0 Å². The lowest BCUT2D eigenvalue weighted by Gasteiger charge is -2.18. The summed E-state index contributed by atoms with van der Waals surface area (Å²) in [5.74, 6) is 2.18. The van der Waals surface area contributed by atoms with Gasteiger partial charge in [-0.15, -0.1) is 0 Å². The van der Waals surface area contributed by atoms with Gasteiger partial charge in [0.25, 0.3) is 0 Å². The molecule has 0 saturated heterocycles. The molecule has 2 heteroatoms. The highest BCUT2D eigenvalue weighted by atomic mass is 16.7. The van der Waals surface area contributed by atoms with Crippen LogP contribution in [0.3, 0.4) is 0 Å². The lowest BCUT2D eigenvalue weighted by molar-refractivity contribution is 0.0126. The minimum Gasteiger partial charge on any atom is -0.450 e. The Morgan fingerprint density at radius 1 is 1.07 bits per heavy atom. The van der Waals surface area contributed by atoms with E-state index in [9.17, 15) is 0 Å². The van der Waals surface area contributed by atoms with Crippen LogP contribution in [0.25, 0.3) is 0 Å². The first-order valence-electron chi connectivity index (χ1n) is 5.98. The normalized spacial score (nSPS) is 20.4. The Morgan fingerprint density at radius 2 is 1.60 bits per heavy atom. The predicted octanol–water partition coefficient (Wildman–Crippen LogP) is 4.05. The van der Waals surface area contributed by atoms with Gasteiger partial charge in [0.15, 0.2) is 0 Å². The quantitative estimate of drug-likeness (QED) is 0.677. The first kappa shape index (κ1) is 10.6. The van der Waals surface area contributed by atoms with E-state index in [-0.39, 0.29) is 0 Å². The Morgan fingerprint density at radius 3 is 1.93 bits per heavy atom. The molecule has 2 rings (SSSR count). The fraction of sp³-hybridized carbons (Fsp3) is 0.615. The fourth-order valence-electron chi connectivity index (χ4n) is 1.93. The van der Waals surface area contributed by atoms with Gasteiger partial charge < -0.3 is 9.47 Å². The third-order valence-electron chi connectivity index (χ3n) is 2.78. The largest absolute Gasteiger partial charge is 0.450 e.